The summed E-state index contributed by atoms with van der Waals surface area (Å²) in [5.41, 5.74) is -3.93. The summed E-state index contributed by atoms with van der Waals surface area (Å²) >= 11 is 0. The Morgan fingerprint density at radius 2 is 1.62 bits per heavy atom. The molecular weight excluding hydrogens is 327 g/mol. The van der Waals surface area contributed by atoms with E-state index in [1.165, 1.54) is 0 Å². The maximum Gasteiger partial charge on any atom is 0.416 e. The number of alkyl halides is 6. The second-order valence-electron chi connectivity index (χ2n) is 4.56. The van der Waals surface area contributed by atoms with Gasteiger partial charge >= 0.3 is 12.4 Å². The Morgan fingerprint density at radius 3 is 2.05 bits per heavy atom. The lowest BCUT2D eigenvalue weighted by molar-refractivity contribution is -0.144. The lowest BCUT2D eigenvalue weighted by Gasteiger charge is -2.20. The number of hydrogen-bond acceptors (Lipinski definition) is 1. The van der Waals surface area contributed by atoms with Crippen molar-refractivity contribution in [2.75, 3.05) is 6.54 Å². The Bertz CT molecular complexity index is 504. The van der Waals surface area contributed by atoms with E-state index in [9.17, 15) is 30.7 Å². The Balaban J connectivity index is 0.00000220. The van der Waals surface area contributed by atoms with Crippen molar-refractivity contribution in [2.45, 2.75) is 31.2 Å². The highest BCUT2D eigenvalue weighted by molar-refractivity contribution is 5.85. The molecule has 0 aliphatic carbocycles. The summed E-state index contributed by atoms with van der Waals surface area (Å²) in [5.74, 6) is -1.48. The van der Waals surface area contributed by atoms with Crippen LogP contribution < -0.4 is 5.32 Å². The van der Waals surface area contributed by atoms with Crippen LogP contribution >= 0.6 is 12.4 Å². The average Bonchev–Trinajstić information content (AvgIpc) is 2.78. The molecule has 1 saturated heterocycles. The maximum absolute atomic E-state index is 13.8. The van der Waals surface area contributed by atoms with E-state index in [1.807, 2.05) is 0 Å². The van der Waals surface area contributed by atoms with Crippen molar-refractivity contribution < 1.29 is 30.7 Å². The summed E-state index contributed by atoms with van der Waals surface area (Å²) in [6.45, 7) is 0.405. The van der Waals surface area contributed by atoms with E-state index in [0.717, 1.165) is 0 Å². The smallest absolute Gasteiger partial charge is 0.310 e. The lowest BCUT2D eigenvalue weighted by Crippen LogP contribution is -2.22. The molecule has 0 spiro atoms. The largest absolute Gasteiger partial charge is 0.416 e. The fourth-order valence-corrected chi connectivity index (χ4v) is 2.30. The normalized spacial score (nSPS) is 19.5. The standard InChI is InChI=1S/C12H10F7N.ClH/c13-8-5-6(11(14,15)16)4-7(12(17,18)19)10(8)9-2-1-3-20-9;/h4-5,9,20H,1-3H2;1H/t9-;/m0./s1. The first-order valence-corrected chi connectivity index (χ1v) is 5.82. The van der Waals surface area contributed by atoms with Gasteiger partial charge in [0, 0.05) is 11.6 Å². The summed E-state index contributed by atoms with van der Waals surface area (Å²) < 4.78 is 89.9. The molecule has 1 nitrogen and oxygen atoms in total. The minimum absolute atomic E-state index is 0. The van der Waals surface area contributed by atoms with E-state index in [-0.39, 0.29) is 31.0 Å². The predicted octanol–water partition coefficient (Wildman–Crippen LogP) is 4.71. The minimum atomic E-state index is -5.04. The molecule has 1 N–H and O–H groups in total. The number of rotatable bonds is 1. The molecule has 1 aliphatic rings. The van der Waals surface area contributed by atoms with Gasteiger partial charge in [-0.25, -0.2) is 4.39 Å². The summed E-state index contributed by atoms with van der Waals surface area (Å²) in [7, 11) is 0. The molecule has 1 aromatic carbocycles. The van der Waals surface area contributed by atoms with Gasteiger partial charge < -0.3 is 5.32 Å². The third kappa shape index (κ3) is 3.79. The van der Waals surface area contributed by atoms with Crippen LogP contribution in [0.15, 0.2) is 12.1 Å². The highest BCUT2D eigenvalue weighted by Crippen LogP contribution is 2.41. The second-order valence-corrected chi connectivity index (χ2v) is 4.56. The van der Waals surface area contributed by atoms with Crippen molar-refractivity contribution in [1.29, 1.82) is 0 Å². The van der Waals surface area contributed by atoms with Crippen LogP contribution in [0.4, 0.5) is 30.7 Å². The van der Waals surface area contributed by atoms with Crippen LogP contribution in [0.3, 0.4) is 0 Å². The number of benzene rings is 1. The molecule has 21 heavy (non-hydrogen) atoms. The first-order valence-electron chi connectivity index (χ1n) is 5.82. The summed E-state index contributed by atoms with van der Waals surface area (Å²) in [4.78, 5) is 0. The molecule has 120 valence electrons. The van der Waals surface area contributed by atoms with Crippen LogP contribution in [-0.4, -0.2) is 6.54 Å². The van der Waals surface area contributed by atoms with Crippen LogP contribution in [0, 0.1) is 5.82 Å². The third-order valence-electron chi connectivity index (χ3n) is 3.17. The highest BCUT2D eigenvalue weighted by Gasteiger charge is 2.41. The topological polar surface area (TPSA) is 12.0 Å². The fraction of sp³-hybridized carbons (Fsp3) is 0.500. The fourth-order valence-electron chi connectivity index (χ4n) is 2.30. The van der Waals surface area contributed by atoms with Crippen LogP contribution in [0.25, 0.3) is 0 Å². The van der Waals surface area contributed by atoms with Gasteiger partial charge in [-0.1, -0.05) is 0 Å². The minimum Gasteiger partial charge on any atom is -0.310 e. The molecule has 0 aromatic heterocycles. The van der Waals surface area contributed by atoms with Gasteiger partial charge in [0.05, 0.1) is 11.1 Å². The van der Waals surface area contributed by atoms with E-state index in [2.05, 4.69) is 5.32 Å². The predicted molar refractivity (Wildman–Crippen MR) is 63.6 cm³/mol. The molecule has 1 fully saturated rings. The van der Waals surface area contributed by atoms with E-state index in [4.69, 9.17) is 0 Å². The molecule has 1 atom stereocenters. The molecule has 2 rings (SSSR count). The van der Waals surface area contributed by atoms with Gasteiger partial charge in [0.1, 0.15) is 5.82 Å². The maximum atomic E-state index is 13.8. The van der Waals surface area contributed by atoms with Crippen molar-refractivity contribution >= 4 is 12.4 Å². The van der Waals surface area contributed by atoms with Gasteiger partial charge in [0.2, 0.25) is 0 Å². The van der Waals surface area contributed by atoms with Crippen molar-refractivity contribution in [3.63, 3.8) is 0 Å². The number of halogens is 8. The monoisotopic (exact) mass is 337 g/mol. The summed E-state index contributed by atoms with van der Waals surface area (Å²) in [6, 6.07) is -0.822. The second kappa shape index (κ2) is 6.00. The molecule has 0 saturated carbocycles. The molecule has 0 bridgehead atoms. The van der Waals surface area contributed by atoms with Crippen LogP contribution in [0.2, 0.25) is 0 Å². The van der Waals surface area contributed by atoms with Gasteiger partial charge in [-0.2, -0.15) is 26.3 Å². The van der Waals surface area contributed by atoms with Crippen molar-refractivity contribution in [3.8, 4) is 0 Å². The average molecular weight is 338 g/mol. The van der Waals surface area contributed by atoms with Crippen LogP contribution in [0.1, 0.15) is 35.6 Å². The Morgan fingerprint density at radius 1 is 1.00 bits per heavy atom. The molecule has 0 amide bonds. The first kappa shape index (κ1) is 18.0. The quantitative estimate of drug-likeness (QED) is 0.732. The lowest BCUT2D eigenvalue weighted by atomic mass is 9.95. The molecule has 9 heteroatoms. The van der Waals surface area contributed by atoms with Gasteiger partial charge in [-0.05, 0) is 31.5 Å². The SMILES string of the molecule is Cl.Fc1cc(C(F)(F)F)cc(C(F)(F)F)c1[C@@H]1CCCN1. The Labute approximate surface area is 121 Å². The van der Waals surface area contributed by atoms with E-state index in [1.54, 1.807) is 0 Å². The number of nitrogens with one attached hydrogen (secondary N) is 1. The molecule has 1 aliphatic heterocycles. The van der Waals surface area contributed by atoms with Gasteiger partial charge in [-0.3, -0.25) is 0 Å². The zero-order valence-electron chi connectivity index (χ0n) is 10.4. The summed E-state index contributed by atoms with van der Waals surface area (Å²) in [5, 5.41) is 2.66. The molecule has 1 aromatic rings. The van der Waals surface area contributed by atoms with Crippen molar-refractivity contribution in [1.82, 2.24) is 5.32 Å². The van der Waals surface area contributed by atoms with E-state index in [0.29, 0.717) is 13.0 Å². The van der Waals surface area contributed by atoms with Gasteiger partial charge in [0.25, 0.3) is 0 Å². The molecular formula is C12H11ClF7N. The zero-order valence-corrected chi connectivity index (χ0v) is 11.2. The van der Waals surface area contributed by atoms with Gasteiger partial charge in [-0.15, -0.1) is 12.4 Å². The van der Waals surface area contributed by atoms with E-state index >= 15 is 0 Å². The Kier molecular flexibility index (Phi) is 5.15. The first-order chi connectivity index (χ1) is 9.10. The third-order valence-corrected chi connectivity index (χ3v) is 3.17. The molecule has 1 heterocycles. The van der Waals surface area contributed by atoms with Crippen molar-refractivity contribution in [3.05, 3.63) is 34.6 Å². The zero-order chi connectivity index (χ0) is 15.1. The molecule has 0 unspecified atom stereocenters. The van der Waals surface area contributed by atoms with Crippen molar-refractivity contribution in [2.24, 2.45) is 0 Å². The number of hydrogen-bond donors (Lipinski definition) is 1. The Hall–Kier alpha value is -1.02. The molecule has 0 radical (unpaired) electrons. The van der Waals surface area contributed by atoms with Gasteiger partial charge in [0.15, 0.2) is 0 Å². The highest BCUT2D eigenvalue weighted by atomic mass is 35.5. The summed E-state index contributed by atoms with van der Waals surface area (Å²) in [6.07, 6.45) is -9.27. The van der Waals surface area contributed by atoms with E-state index < -0.39 is 40.9 Å². The van der Waals surface area contributed by atoms with Crippen LogP contribution in [-0.2, 0) is 12.4 Å². The van der Waals surface area contributed by atoms with Crippen LogP contribution in [0.5, 0.6) is 0 Å².